The van der Waals surface area contributed by atoms with Crippen LogP contribution < -0.4 is 10.1 Å². The summed E-state index contributed by atoms with van der Waals surface area (Å²) in [6.07, 6.45) is -8.91. The monoisotopic (exact) mass is 434 g/mol. The minimum absolute atomic E-state index is 0.112. The molecule has 1 N–H and O–H groups in total. The summed E-state index contributed by atoms with van der Waals surface area (Å²) < 4.78 is 84.2. The SMILES string of the molecule is O=C(Nc1nc(-c2ccccc2OC(F)(F)F)ns1)c1cccnc1C(F)(F)F. The average molecular weight is 434 g/mol. The molecule has 2 aromatic heterocycles. The van der Waals surface area contributed by atoms with Crippen LogP contribution >= 0.6 is 11.5 Å². The van der Waals surface area contributed by atoms with Crippen molar-refractivity contribution in [1.82, 2.24) is 14.3 Å². The molecule has 0 unspecified atom stereocenters. The van der Waals surface area contributed by atoms with Gasteiger partial charge in [-0.2, -0.15) is 22.5 Å². The standard InChI is InChI=1S/C16H8F6N4O2S/c17-15(18,19)11-9(5-3-7-23-11)13(27)25-14-24-12(26-29-14)8-4-1-2-6-10(8)28-16(20,21)22/h1-7H,(H,24,25,26,27). The molecule has 0 aliphatic carbocycles. The van der Waals surface area contributed by atoms with Crippen molar-refractivity contribution in [2.24, 2.45) is 0 Å². The van der Waals surface area contributed by atoms with E-state index in [1.165, 1.54) is 18.2 Å². The van der Waals surface area contributed by atoms with Gasteiger partial charge in [-0.1, -0.05) is 12.1 Å². The zero-order valence-electron chi connectivity index (χ0n) is 13.9. The number of amides is 1. The van der Waals surface area contributed by atoms with Gasteiger partial charge >= 0.3 is 12.5 Å². The molecule has 0 fully saturated rings. The number of benzene rings is 1. The fraction of sp³-hybridized carbons (Fsp3) is 0.125. The molecule has 0 saturated heterocycles. The lowest BCUT2D eigenvalue weighted by Crippen LogP contribution is -2.20. The average Bonchev–Trinajstić information content (AvgIpc) is 3.08. The molecule has 0 atom stereocenters. The number of alkyl halides is 6. The maximum Gasteiger partial charge on any atom is 0.573 e. The number of carbonyl (C=O) groups is 1. The smallest absolute Gasteiger partial charge is 0.405 e. The summed E-state index contributed by atoms with van der Waals surface area (Å²) in [6, 6.07) is 7.12. The van der Waals surface area contributed by atoms with Crippen molar-refractivity contribution in [3.63, 3.8) is 0 Å². The van der Waals surface area contributed by atoms with E-state index in [2.05, 4.69) is 24.4 Å². The van der Waals surface area contributed by atoms with Crippen molar-refractivity contribution in [1.29, 1.82) is 0 Å². The molecule has 1 amide bonds. The van der Waals surface area contributed by atoms with Gasteiger partial charge in [0.05, 0.1) is 11.1 Å². The van der Waals surface area contributed by atoms with E-state index in [1.807, 2.05) is 0 Å². The molecule has 13 heteroatoms. The van der Waals surface area contributed by atoms with Crippen molar-refractivity contribution in [2.45, 2.75) is 12.5 Å². The van der Waals surface area contributed by atoms with Gasteiger partial charge in [0.25, 0.3) is 5.91 Å². The molecule has 6 nitrogen and oxygen atoms in total. The summed E-state index contributed by atoms with van der Waals surface area (Å²) in [7, 11) is 0. The van der Waals surface area contributed by atoms with E-state index in [1.54, 1.807) is 0 Å². The first kappa shape index (κ1) is 20.5. The molecule has 0 radical (unpaired) electrons. The lowest BCUT2D eigenvalue weighted by atomic mass is 10.1. The van der Waals surface area contributed by atoms with E-state index in [0.717, 1.165) is 24.4 Å². The van der Waals surface area contributed by atoms with Crippen molar-refractivity contribution in [2.75, 3.05) is 5.32 Å². The summed E-state index contributed by atoms with van der Waals surface area (Å²) in [4.78, 5) is 19.2. The molecule has 3 rings (SSSR count). The third-order valence-electron chi connectivity index (χ3n) is 3.32. The number of anilines is 1. The lowest BCUT2D eigenvalue weighted by Gasteiger charge is -2.11. The summed E-state index contributed by atoms with van der Waals surface area (Å²) in [5, 5.41) is 1.91. The molecular weight excluding hydrogens is 426 g/mol. The van der Waals surface area contributed by atoms with Gasteiger partial charge in [-0.25, -0.2) is 0 Å². The van der Waals surface area contributed by atoms with Crippen LogP contribution in [0.3, 0.4) is 0 Å². The first-order valence-electron chi connectivity index (χ1n) is 7.57. The molecule has 152 valence electrons. The third-order valence-corrected chi connectivity index (χ3v) is 3.95. The van der Waals surface area contributed by atoms with E-state index >= 15 is 0 Å². The van der Waals surface area contributed by atoms with Crippen LogP contribution in [0.25, 0.3) is 11.4 Å². The van der Waals surface area contributed by atoms with E-state index < -0.39 is 35.5 Å². The van der Waals surface area contributed by atoms with Crippen LogP contribution in [0.2, 0.25) is 0 Å². The van der Waals surface area contributed by atoms with Gasteiger partial charge < -0.3 is 4.74 Å². The number of hydrogen-bond acceptors (Lipinski definition) is 6. The zero-order chi connectivity index (χ0) is 21.2. The molecule has 0 spiro atoms. The van der Waals surface area contributed by atoms with Gasteiger partial charge in [-0.3, -0.25) is 15.1 Å². The molecule has 2 heterocycles. The van der Waals surface area contributed by atoms with Crippen LogP contribution in [0.15, 0.2) is 42.6 Å². The quantitative estimate of drug-likeness (QED) is 0.599. The summed E-state index contributed by atoms with van der Waals surface area (Å²) in [5.74, 6) is -1.91. The predicted octanol–water partition coefficient (Wildman–Crippen LogP) is 4.77. The first-order valence-corrected chi connectivity index (χ1v) is 8.34. The fourth-order valence-corrected chi connectivity index (χ4v) is 2.81. The topological polar surface area (TPSA) is 77.0 Å². The largest absolute Gasteiger partial charge is 0.573 e. The summed E-state index contributed by atoms with van der Waals surface area (Å²) >= 11 is 0.576. The number of nitrogens with one attached hydrogen (secondary N) is 1. The minimum Gasteiger partial charge on any atom is -0.405 e. The highest BCUT2D eigenvalue weighted by molar-refractivity contribution is 7.10. The highest BCUT2D eigenvalue weighted by Crippen LogP contribution is 2.34. The van der Waals surface area contributed by atoms with Crippen molar-refractivity contribution >= 4 is 22.6 Å². The second-order valence-electron chi connectivity index (χ2n) is 5.32. The third kappa shape index (κ3) is 4.99. The van der Waals surface area contributed by atoms with Gasteiger partial charge in [0.2, 0.25) is 5.13 Å². The minimum atomic E-state index is -4.95. The Morgan fingerprint density at radius 1 is 1.03 bits per heavy atom. The number of ether oxygens (including phenoxy) is 1. The number of pyridine rings is 1. The molecule has 0 bridgehead atoms. The van der Waals surface area contributed by atoms with E-state index in [0.29, 0.717) is 11.5 Å². The van der Waals surface area contributed by atoms with Crippen LogP contribution in [-0.4, -0.2) is 26.6 Å². The molecule has 1 aromatic carbocycles. The number of halogens is 6. The maximum absolute atomic E-state index is 13.0. The molecule has 29 heavy (non-hydrogen) atoms. The van der Waals surface area contributed by atoms with Crippen molar-refractivity contribution in [3.8, 4) is 17.1 Å². The van der Waals surface area contributed by atoms with E-state index in [-0.39, 0.29) is 16.5 Å². The van der Waals surface area contributed by atoms with Gasteiger partial charge in [0.15, 0.2) is 11.5 Å². The second-order valence-corrected chi connectivity index (χ2v) is 6.07. The number of carbonyl (C=O) groups excluding carboxylic acids is 1. The number of nitrogens with zero attached hydrogens (tertiary/aromatic N) is 3. The lowest BCUT2D eigenvalue weighted by molar-refractivity contribution is -0.274. The number of para-hydroxylation sites is 1. The van der Waals surface area contributed by atoms with Crippen molar-refractivity contribution < 1.29 is 35.9 Å². The zero-order valence-corrected chi connectivity index (χ0v) is 14.7. The Labute approximate surface area is 162 Å². The van der Waals surface area contributed by atoms with E-state index in [9.17, 15) is 31.1 Å². The molecule has 0 aliphatic heterocycles. The predicted molar refractivity (Wildman–Crippen MR) is 89.2 cm³/mol. The maximum atomic E-state index is 13.0. The Hall–Kier alpha value is -3.22. The Balaban J connectivity index is 1.85. The summed E-state index contributed by atoms with van der Waals surface area (Å²) in [6.45, 7) is 0. The highest BCUT2D eigenvalue weighted by atomic mass is 32.1. The molecule has 0 aliphatic rings. The molecular formula is C16H8F6N4O2S. The second kappa shape index (κ2) is 7.66. The van der Waals surface area contributed by atoms with Gasteiger partial charge in [0, 0.05) is 17.7 Å². The molecule has 3 aromatic rings. The molecule has 0 saturated carbocycles. The van der Waals surface area contributed by atoms with Crippen LogP contribution in [0.4, 0.5) is 31.5 Å². The van der Waals surface area contributed by atoms with Crippen LogP contribution in [0.5, 0.6) is 5.75 Å². The van der Waals surface area contributed by atoms with Crippen LogP contribution in [-0.2, 0) is 6.18 Å². The highest BCUT2D eigenvalue weighted by Gasteiger charge is 2.37. The van der Waals surface area contributed by atoms with Crippen LogP contribution in [0.1, 0.15) is 16.1 Å². The summed E-state index contributed by atoms with van der Waals surface area (Å²) in [5.41, 5.74) is -2.23. The van der Waals surface area contributed by atoms with Crippen molar-refractivity contribution in [3.05, 3.63) is 53.9 Å². The van der Waals surface area contributed by atoms with Gasteiger partial charge in [-0.05, 0) is 24.3 Å². The number of rotatable bonds is 4. The van der Waals surface area contributed by atoms with E-state index in [4.69, 9.17) is 0 Å². The first-order chi connectivity index (χ1) is 13.5. The number of aromatic nitrogens is 3. The number of hydrogen-bond donors (Lipinski definition) is 1. The van der Waals surface area contributed by atoms with Crippen LogP contribution in [0, 0.1) is 0 Å². The Morgan fingerprint density at radius 2 is 1.76 bits per heavy atom. The Kier molecular flexibility index (Phi) is 5.42. The fourth-order valence-electron chi connectivity index (χ4n) is 2.23. The Morgan fingerprint density at radius 3 is 2.45 bits per heavy atom. The van der Waals surface area contributed by atoms with Gasteiger partial charge in [0.1, 0.15) is 5.75 Å². The Bertz CT molecular complexity index is 1030. The normalized spacial score (nSPS) is 11.9. The van der Waals surface area contributed by atoms with Gasteiger partial charge in [-0.15, -0.1) is 13.2 Å².